The van der Waals surface area contributed by atoms with Crippen molar-refractivity contribution >= 4 is 34.5 Å². The van der Waals surface area contributed by atoms with Crippen molar-refractivity contribution in [3.8, 4) is 5.75 Å². The second kappa shape index (κ2) is 25.9. The van der Waals surface area contributed by atoms with Crippen LogP contribution in [-0.2, 0) is 45.6 Å². The van der Waals surface area contributed by atoms with Gasteiger partial charge in [-0.15, -0.1) is 15.0 Å². The molecule has 6 aromatic rings. The van der Waals surface area contributed by atoms with Crippen molar-refractivity contribution in [3.63, 3.8) is 0 Å². The van der Waals surface area contributed by atoms with E-state index in [1.807, 2.05) is 54.6 Å². The van der Waals surface area contributed by atoms with Gasteiger partial charge in [-0.25, -0.2) is 9.59 Å². The number of tetrazole rings is 1. The van der Waals surface area contributed by atoms with Crippen LogP contribution in [0, 0.1) is 0 Å². The Bertz CT molecular complexity index is 2760. The maximum Gasteiger partial charge on any atom is 0.412 e. The van der Waals surface area contributed by atoms with Crippen LogP contribution in [0.3, 0.4) is 0 Å². The van der Waals surface area contributed by atoms with Crippen molar-refractivity contribution in [1.82, 2.24) is 30.4 Å². The summed E-state index contributed by atoms with van der Waals surface area (Å²) in [5.41, 5.74) is 1.22. The van der Waals surface area contributed by atoms with Gasteiger partial charge in [0.15, 0.2) is 17.5 Å². The first-order valence-electron chi connectivity index (χ1n) is 23.9. The highest BCUT2D eigenvalue weighted by Crippen LogP contribution is 2.40. The molecule has 1 fully saturated rings. The van der Waals surface area contributed by atoms with E-state index in [-0.39, 0.29) is 36.6 Å². The van der Waals surface area contributed by atoms with Crippen LogP contribution in [0.1, 0.15) is 89.8 Å². The van der Waals surface area contributed by atoms with E-state index < -0.39 is 70.1 Å². The zero-order valence-electron chi connectivity index (χ0n) is 40.0. The minimum Gasteiger partial charge on any atom is -0.448 e. The first-order chi connectivity index (χ1) is 35.7. The van der Waals surface area contributed by atoms with Gasteiger partial charge < -0.3 is 34.6 Å². The summed E-state index contributed by atoms with van der Waals surface area (Å²) < 4.78 is 74.4. The van der Waals surface area contributed by atoms with Crippen LogP contribution in [0.4, 0.5) is 13.6 Å². The highest BCUT2D eigenvalue weighted by atomic mass is 31.1. The molecule has 2 unspecified atom stereocenters. The van der Waals surface area contributed by atoms with Crippen molar-refractivity contribution in [1.29, 1.82) is 0 Å². The lowest BCUT2D eigenvalue weighted by Crippen LogP contribution is -2.39. The third-order valence-corrected chi connectivity index (χ3v) is 13.2. The number of aromatic nitrogens is 4. The summed E-state index contributed by atoms with van der Waals surface area (Å²) in [6.45, 7) is 0.0837. The van der Waals surface area contributed by atoms with Gasteiger partial charge in [0.05, 0.1) is 6.04 Å². The number of ether oxygens (including phenoxy) is 2. The highest BCUT2D eigenvalue weighted by molar-refractivity contribution is 7.33. The Balaban J connectivity index is 0.965. The first-order valence-corrected chi connectivity index (χ1v) is 26.4. The van der Waals surface area contributed by atoms with Gasteiger partial charge in [0.25, 0.3) is 5.97 Å². The number of carbonyl (C=O) groups excluding carboxylic acids is 3. The smallest absolute Gasteiger partial charge is 0.412 e. The summed E-state index contributed by atoms with van der Waals surface area (Å²) in [5, 5.41) is 26.5. The van der Waals surface area contributed by atoms with E-state index in [1.165, 1.54) is 54.6 Å². The van der Waals surface area contributed by atoms with Crippen molar-refractivity contribution in [2.24, 2.45) is 0 Å². The molecule has 0 radical (unpaired) electrons. The molecule has 390 valence electrons. The number of unbranched alkanes of at least 4 members (excludes halogenated alkanes) is 3. The molecule has 5 aromatic carbocycles. The zero-order chi connectivity index (χ0) is 52.6. The molecule has 1 aliphatic rings. The lowest BCUT2D eigenvalue weighted by atomic mass is 9.77. The van der Waals surface area contributed by atoms with Gasteiger partial charge in [0.1, 0.15) is 11.3 Å². The van der Waals surface area contributed by atoms with E-state index >= 15 is 8.78 Å². The minimum atomic E-state index is -3.81. The number of amides is 2. The van der Waals surface area contributed by atoms with Crippen LogP contribution >= 0.6 is 16.5 Å². The number of para-hydroxylation sites is 1. The number of aryl methyl sites for hydroxylation is 1. The predicted molar refractivity (Wildman–Crippen MR) is 267 cm³/mol. The fourth-order valence-electron chi connectivity index (χ4n) is 8.76. The van der Waals surface area contributed by atoms with E-state index in [9.17, 15) is 28.6 Å². The Morgan fingerprint density at radius 2 is 1.30 bits per heavy atom. The molecular weight excluding hydrogens is 1000 g/mol. The quantitative estimate of drug-likeness (QED) is 0.00994. The lowest BCUT2D eigenvalue weighted by Gasteiger charge is -2.34. The first kappa shape index (κ1) is 55.0. The van der Waals surface area contributed by atoms with Crippen LogP contribution in [0.25, 0.3) is 0 Å². The molecule has 4 atom stereocenters. The number of aliphatic hydroxyl groups is 1. The summed E-state index contributed by atoms with van der Waals surface area (Å²) >= 11 is 0. The average molecular weight is 1060 g/mol. The van der Waals surface area contributed by atoms with Gasteiger partial charge in [-0.1, -0.05) is 152 Å². The molecule has 7 rings (SSSR count). The molecule has 2 heterocycles. The molecule has 4 N–H and O–H groups in total. The molecular formula is C52H56F2N6O12P2. The molecule has 0 aliphatic carbocycles. The predicted octanol–water partition coefficient (Wildman–Crippen LogP) is 8.49. The van der Waals surface area contributed by atoms with Crippen LogP contribution in [0.2, 0.25) is 0 Å². The number of nitrogens with one attached hydrogen (secondary N) is 1. The normalized spacial score (nSPS) is 16.1. The third kappa shape index (κ3) is 14.1. The summed E-state index contributed by atoms with van der Waals surface area (Å²) in [7, 11) is -7.61. The molecule has 0 saturated carbocycles. The number of carbonyl (C=O) groups is 3. The lowest BCUT2D eigenvalue weighted by molar-refractivity contribution is -0.277. The van der Waals surface area contributed by atoms with E-state index in [4.69, 9.17) is 24.4 Å². The van der Waals surface area contributed by atoms with E-state index in [2.05, 4.69) is 61.1 Å². The number of hydrogen-bond donors (Lipinski definition) is 4. The maximum absolute atomic E-state index is 16.4. The van der Waals surface area contributed by atoms with E-state index in [0.717, 1.165) is 42.0 Å². The van der Waals surface area contributed by atoms with Crippen LogP contribution in [-0.4, -0.2) is 89.2 Å². The monoisotopic (exact) mass is 1060 g/mol. The zero-order valence-corrected chi connectivity index (χ0v) is 42.0. The van der Waals surface area contributed by atoms with Crippen LogP contribution < -0.4 is 10.1 Å². The van der Waals surface area contributed by atoms with E-state index in [1.54, 1.807) is 15.8 Å². The van der Waals surface area contributed by atoms with Crippen molar-refractivity contribution in [2.45, 2.75) is 87.4 Å². The molecule has 2 amide bonds. The van der Waals surface area contributed by atoms with Gasteiger partial charge in [0, 0.05) is 37.9 Å². The number of likely N-dealkylation sites (tertiary alicyclic amines) is 1. The van der Waals surface area contributed by atoms with Crippen LogP contribution in [0.15, 0.2) is 158 Å². The molecule has 18 nitrogen and oxygen atoms in total. The molecule has 74 heavy (non-hydrogen) atoms. The van der Waals surface area contributed by atoms with Crippen molar-refractivity contribution in [3.05, 3.63) is 191 Å². The molecule has 0 bridgehead atoms. The van der Waals surface area contributed by atoms with Crippen molar-refractivity contribution in [2.75, 3.05) is 13.1 Å². The highest BCUT2D eigenvalue weighted by Gasteiger charge is 2.44. The third-order valence-electron chi connectivity index (χ3n) is 12.3. The fraction of sp³-hybridized carbons (Fsp3) is 0.308. The van der Waals surface area contributed by atoms with Gasteiger partial charge in [-0.05, 0) is 65.8 Å². The largest absolute Gasteiger partial charge is 0.448 e. The minimum absolute atomic E-state index is 0.130. The second-order valence-corrected chi connectivity index (χ2v) is 18.7. The van der Waals surface area contributed by atoms with Crippen LogP contribution in [0.5, 0.6) is 5.75 Å². The number of rotatable bonds is 26. The Labute approximate surface area is 426 Å². The number of hydrogen-bond acceptors (Lipinski definition) is 13. The van der Waals surface area contributed by atoms with Crippen molar-refractivity contribution < 1.29 is 65.7 Å². The topological polar surface area (TPSA) is 242 Å². The Kier molecular flexibility index (Phi) is 19.3. The SMILES string of the molecule is O=C(NCCCC(O)(O[PH](=O)O)O[PH](=O)O)Oc1ccccc1C(=O)O[C@H](/C=C/[C@H]1CCC(=O)N1CCCCCCc1nnn(C(c2ccccc2)(c2ccccc2)c2ccccc2)n1)C(F)(F)c1ccccc1. The Morgan fingerprint density at radius 1 is 0.757 bits per heavy atom. The maximum atomic E-state index is 16.4. The summed E-state index contributed by atoms with van der Waals surface area (Å²) in [4.78, 5) is 61.0. The number of nitrogens with zero attached hydrogens (tertiary/aromatic N) is 5. The summed E-state index contributed by atoms with van der Waals surface area (Å²) in [6, 6.07) is 41.7. The molecule has 1 aromatic heterocycles. The number of alkyl halides is 2. The molecule has 1 saturated heterocycles. The Morgan fingerprint density at radius 3 is 1.88 bits per heavy atom. The second-order valence-electron chi connectivity index (χ2n) is 17.2. The number of halogens is 2. The summed E-state index contributed by atoms with van der Waals surface area (Å²) in [5.74, 6) is -7.80. The van der Waals surface area contributed by atoms with Gasteiger partial charge in [-0.2, -0.15) is 8.78 Å². The number of esters is 1. The molecule has 0 spiro atoms. The standard InChI is InChI=1S/C52H56F2N6O12P2/c53-52(54,41-26-13-6-14-27-41)45(70-48(62)43-28-16-17-29-44(43)69-49(63)55-36-19-35-50(64,71-73(65)66)72-74(67)68)33-31-42-32-34-47(61)59(42)37-18-2-1-15-30-46-56-58-60(57-46)51(38-20-7-3-8-21-38,39-22-9-4-10-23-39)40-24-11-5-12-25-40/h3-14,16-17,20-29,31,33,42,45,64,73-74H,1-2,15,18-19,30,32,34-37H2,(H,55,63)(H,65,66)(H,67,68)/b33-31+/t42-,45+/m0/s1. The van der Waals surface area contributed by atoms with E-state index in [0.29, 0.717) is 31.6 Å². The fourth-order valence-corrected chi connectivity index (χ4v) is 9.68. The number of benzene rings is 5. The average Bonchev–Trinajstić information content (AvgIpc) is 4.01. The van der Waals surface area contributed by atoms with Gasteiger partial charge in [0.2, 0.25) is 5.91 Å². The summed E-state index contributed by atoms with van der Waals surface area (Å²) in [6.07, 6.45) is 2.47. The van der Waals surface area contributed by atoms with Gasteiger partial charge in [-0.3, -0.25) is 23.0 Å². The molecule has 1 aliphatic heterocycles. The van der Waals surface area contributed by atoms with Gasteiger partial charge >= 0.3 is 34.5 Å². The molecule has 22 heteroatoms. The Hall–Kier alpha value is -6.76.